The third-order valence-corrected chi connectivity index (χ3v) is 3.61. The minimum atomic E-state index is 0.558. The van der Waals surface area contributed by atoms with Crippen molar-refractivity contribution in [3.05, 3.63) is 70.7 Å². The molecular weight excluding hydrogens is 302 g/mol. The van der Waals surface area contributed by atoms with Crippen LogP contribution in [0.3, 0.4) is 0 Å². The van der Waals surface area contributed by atoms with Crippen LogP contribution < -0.4 is 5.32 Å². The second-order valence-corrected chi connectivity index (χ2v) is 5.23. The zero-order valence-corrected chi connectivity index (χ0v) is 13.2. The lowest BCUT2D eigenvalue weighted by atomic mass is 10.2. The summed E-state index contributed by atoms with van der Waals surface area (Å²) in [7, 11) is 1.80. The predicted octanol–water partition coefficient (Wildman–Crippen LogP) is 3.68. The van der Waals surface area contributed by atoms with Crippen molar-refractivity contribution in [2.45, 2.75) is 6.54 Å². The van der Waals surface area contributed by atoms with Crippen LogP contribution in [0.25, 0.3) is 0 Å². The average Bonchev–Trinajstić information content (AvgIpc) is 2.52. The summed E-state index contributed by atoms with van der Waals surface area (Å²) in [5.74, 6) is 0. The van der Waals surface area contributed by atoms with Gasteiger partial charge in [-0.3, -0.25) is 0 Å². The van der Waals surface area contributed by atoms with Gasteiger partial charge in [0.1, 0.15) is 0 Å². The van der Waals surface area contributed by atoms with Crippen LogP contribution in [0.5, 0.6) is 0 Å². The van der Waals surface area contributed by atoms with E-state index < -0.39 is 0 Å². The molecule has 0 radical (unpaired) electrons. The zero-order chi connectivity index (χ0) is 15.1. The van der Waals surface area contributed by atoms with Gasteiger partial charge in [0.05, 0.1) is 6.21 Å². The van der Waals surface area contributed by atoms with E-state index in [1.165, 1.54) is 5.56 Å². The molecule has 0 fully saturated rings. The Bertz CT molecular complexity index is 628. The largest absolute Gasteiger partial charge is 0.357 e. The fraction of sp³-hybridized carbons (Fsp3) is 0.125. The van der Waals surface area contributed by atoms with E-state index in [2.05, 4.69) is 10.4 Å². The van der Waals surface area contributed by atoms with Gasteiger partial charge in [-0.15, -0.1) is 0 Å². The van der Waals surface area contributed by atoms with Gasteiger partial charge in [-0.1, -0.05) is 60.1 Å². The predicted molar refractivity (Wildman–Crippen MR) is 92.7 cm³/mol. The van der Waals surface area contributed by atoms with E-state index in [-0.39, 0.29) is 0 Å². The summed E-state index contributed by atoms with van der Waals surface area (Å²) >= 11 is 11.4. The second-order valence-electron chi connectivity index (χ2n) is 4.43. The minimum absolute atomic E-state index is 0.558. The Balaban J connectivity index is 1.89. The van der Waals surface area contributed by atoms with Crippen molar-refractivity contribution in [1.29, 1.82) is 0 Å². The van der Waals surface area contributed by atoms with Crippen molar-refractivity contribution >= 4 is 35.1 Å². The molecule has 0 amide bonds. The van der Waals surface area contributed by atoms with Gasteiger partial charge >= 0.3 is 0 Å². The first-order valence-corrected chi connectivity index (χ1v) is 7.29. The Morgan fingerprint density at radius 2 is 1.86 bits per heavy atom. The number of nitrogens with one attached hydrogen (secondary N) is 1. The number of thiocarbonyl (C=S) groups is 1. The Morgan fingerprint density at radius 1 is 1.19 bits per heavy atom. The first-order chi connectivity index (χ1) is 10.2. The molecule has 5 heteroatoms. The highest BCUT2D eigenvalue weighted by Gasteiger charge is 2.02. The fourth-order valence-electron chi connectivity index (χ4n) is 1.67. The van der Waals surface area contributed by atoms with Gasteiger partial charge in [0.2, 0.25) is 0 Å². The number of hydrogen-bond donors (Lipinski definition) is 1. The summed E-state index contributed by atoms with van der Waals surface area (Å²) in [6.07, 6.45) is 1.69. The van der Waals surface area contributed by atoms with Gasteiger partial charge in [0, 0.05) is 24.2 Å². The molecule has 2 rings (SSSR count). The lowest BCUT2D eigenvalue weighted by molar-refractivity contribution is 0.532. The van der Waals surface area contributed by atoms with Crippen LogP contribution in [0.15, 0.2) is 59.7 Å². The highest BCUT2D eigenvalue weighted by molar-refractivity contribution is 7.80. The molecule has 1 N–H and O–H groups in total. The van der Waals surface area contributed by atoms with E-state index in [1.807, 2.05) is 54.6 Å². The van der Waals surface area contributed by atoms with Crippen LogP contribution in [-0.2, 0) is 6.54 Å². The molecule has 2 aromatic rings. The van der Waals surface area contributed by atoms with Gasteiger partial charge in [-0.05, 0) is 23.8 Å². The average molecular weight is 318 g/mol. The van der Waals surface area contributed by atoms with Crippen LogP contribution in [0.4, 0.5) is 0 Å². The highest BCUT2D eigenvalue weighted by atomic mass is 35.5. The van der Waals surface area contributed by atoms with Crippen LogP contribution in [0.1, 0.15) is 11.1 Å². The van der Waals surface area contributed by atoms with E-state index in [9.17, 15) is 0 Å². The molecule has 0 saturated heterocycles. The monoisotopic (exact) mass is 317 g/mol. The molecule has 2 aromatic carbocycles. The smallest absolute Gasteiger partial charge is 0.189 e. The fourth-order valence-corrected chi connectivity index (χ4v) is 1.97. The lowest BCUT2D eigenvalue weighted by Crippen LogP contribution is -2.33. The minimum Gasteiger partial charge on any atom is -0.357 e. The third kappa shape index (κ3) is 4.85. The van der Waals surface area contributed by atoms with Gasteiger partial charge in [-0.2, -0.15) is 5.10 Å². The Morgan fingerprint density at radius 3 is 2.57 bits per heavy atom. The lowest BCUT2D eigenvalue weighted by Gasteiger charge is -2.15. The molecule has 0 aliphatic rings. The molecule has 0 saturated carbocycles. The zero-order valence-electron chi connectivity index (χ0n) is 11.7. The van der Waals surface area contributed by atoms with E-state index in [0.717, 1.165) is 5.56 Å². The maximum absolute atomic E-state index is 6.07. The van der Waals surface area contributed by atoms with Crippen molar-refractivity contribution in [2.75, 3.05) is 7.05 Å². The first kappa shape index (κ1) is 15.5. The van der Waals surface area contributed by atoms with Crippen molar-refractivity contribution in [1.82, 2.24) is 10.3 Å². The number of nitrogens with zero attached hydrogens (tertiary/aromatic N) is 2. The van der Waals surface area contributed by atoms with E-state index >= 15 is 0 Å². The normalized spacial score (nSPS) is 10.6. The van der Waals surface area contributed by atoms with Gasteiger partial charge < -0.3 is 5.32 Å². The molecule has 0 aliphatic carbocycles. The maximum Gasteiger partial charge on any atom is 0.189 e. The number of hydrogen-bond acceptors (Lipinski definition) is 2. The summed E-state index contributed by atoms with van der Waals surface area (Å²) in [4.78, 5) is 0. The van der Waals surface area contributed by atoms with E-state index in [1.54, 1.807) is 18.3 Å². The molecular formula is C16H16ClN3S. The number of hydrazone groups is 1. The Hall–Kier alpha value is -1.91. The number of rotatable bonds is 4. The molecule has 0 spiro atoms. The van der Waals surface area contributed by atoms with Crippen LogP contribution in [0.2, 0.25) is 5.02 Å². The molecule has 21 heavy (non-hydrogen) atoms. The first-order valence-electron chi connectivity index (χ1n) is 6.51. The van der Waals surface area contributed by atoms with Gasteiger partial charge in [0.15, 0.2) is 5.11 Å². The Labute approximate surface area is 135 Å². The standard InChI is InChI=1S/C16H16ClN3S/c1-20(19-12-14-9-5-6-10-15(14)17)16(21)18-11-13-7-3-2-4-8-13/h2-10,12H,11H2,1H3,(H,18,21)/b19-12-. The topological polar surface area (TPSA) is 27.6 Å². The summed E-state index contributed by atoms with van der Waals surface area (Å²) in [5, 5.41) is 10.3. The quantitative estimate of drug-likeness (QED) is 0.529. The molecule has 0 aliphatic heterocycles. The summed E-state index contributed by atoms with van der Waals surface area (Å²) in [6.45, 7) is 0.672. The molecule has 0 unspecified atom stereocenters. The second kappa shape index (κ2) is 7.76. The van der Waals surface area contributed by atoms with Gasteiger partial charge in [-0.25, -0.2) is 5.01 Å². The van der Waals surface area contributed by atoms with Crippen LogP contribution >= 0.6 is 23.8 Å². The molecule has 0 aromatic heterocycles. The van der Waals surface area contributed by atoms with Gasteiger partial charge in [0.25, 0.3) is 0 Å². The maximum atomic E-state index is 6.07. The summed E-state index contributed by atoms with van der Waals surface area (Å²) in [5.41, 5.74) is 2.03. The number of halogens is 1. The molecule has 108 valence electrons. The highest BCUT2D eigenvalue weighted by Crippen LogP contribution is 2.12. The number of benzene rings is 2. The van der Waals surface area contributed by atoms with Crippen molar-refractivity contribution in [2.24, 2.45) is 5.10 Å². The Kier molecular flexibility index (Phi) is 5.72. The summed E-state index contributed by atoms with van der Waals surface area (Å²) < 4.78 is 0. The van der Waals surface area contributed by atoms with Crippen LogP contribution in [-0.4, -0.2) is 23.4 Å². The molecule has 0 heterocycles. The SMILES string of the molecule is CN(/N=C\c1ccccc1Cl)C(=S)NCc1ccccc1. The van der Waals surface area contributed by atoms with Crippen molar-refractivity contribution < 1.29 is 0 Å². The van der Waals surface area contributed by atoms with E-state index in [0.29, 0.717) is 16.7 Å². The molecule has 3 nitrogen and oxygen atoms in total. The molecule has 0 bridgehead atoms. The van der Waals surface area contributed by atoms with Crippen molar-refractivity contribution in [3.63, 3.8) is 0 Å². The van der Waals surface area contributed by atoms with Crippen molar-refractivity contribution in [3.8, 4) is 0 Å². The third-order valence-electron chi connectivity index (χ3n) is 2.86. The van der Waals surface area contributed by atoms with E-state index in [4.69, 9.17) is 23.8 Å². The summed E-state index contributed by atoms with van der Waals surface area (Å²) in [6, 6.07) is 17.6. The van der Waals surface area contributed by atoms with Crippen LogP contribution in [0, 0.1) is 0 Å². The molecule has 0 atom stereocenters.